The number of aromatic nitrogens is 2. The maximum absolute atomic E-state index is 3.88. The van der Waals surface area contributed by atoms with Crippen LogP contribution in [0.5, 0.6) is 0 Å². The summed E-state index contributed by atoms with van der Waals surface area (Å²) in [5, 5.41) is 10.2. The number of nitrogens with zero attached hydrogens (tertiary/aromatic N) is 1. The van der Waals surface area contributed by atoms with Crippen LogP contribution in [0.4, 0.5) is 0 Å². The molecule has 0 unspecified atom stereocenters. The van der Waals surface area contributed by atoms with Crippen molar-refractivity contribution in [2.24, 2.45) is 5.92 Å². The molecule has 0 atom stereocenters. The van der Waals surface area contributed by atoms with Crippen LogP contribution in [-0.4, -0.2) is 16.7 Å². The first-order chi connectivity index (χ1) is 6.29. The van der Waals surface area contributed by atoms with Crippen molar-refractivity contribution in [1.82, 2.24) is 15.5 Å². The molecule has 1 heterocycles. The molecule has 0 aromatic carbocycles. The molecule has 0 aliphatic heterocycles. The van der Waals surface area contributed by atoms with Crippen molar-refractivity contribution in [2.75, 3.05) is 6.54 Å². The first-order valence-electron chi connectivity index (χ1n) is 4.98. The minimum absolute atomic E-state index is 0.814. The predicted octanol–water partition coefficient (Wildman–Crippen LogP) is 1.94. The Hall–Kier alpha value is -0.830. The summed E-state index contributed by atoms with van der Waals surface area (Å²) >= 11 is 0. The third-order valence-electron chi connectivity index (χ3n) is 2.01. The van der Waals surface area contributed by atoms with Gasteiger partial charge in [-0.05, 0) is 31.4 Å². The van der Waals surface area contributed by atoms with Crippen LogP contribution in [0.15, 0.2) is 12.3 Å². The number of aromatic amines is 1. The SMILES string of the molecule is CC(C)CCCNCc1ccn[nH]1. The topological polar surface area (TPSA) is 40.7 Å². The van der Waals surface area contributed by atoms with Gasteiger partial charge in [0.25, 0.3) is 0 Å². The van der Waals surface area contributed by atoms with E-state index in [1.807, 2.05) is 6.07 Å². The van der Waals surface area contributed by atoms with Crippen molar-refractivity contribution in [3.8, 4) is 0 Å². The zero-order valence-corrected chi connectivity index (χ0v) is 8.51. The highest BCUT2D eigenvalue weighted by molar-refractivity contribution is 4.96. The van der Waals surface area contributed by atoms with Crippen LogP contribution in [0.1, 0.15) is 32.4 Å². The summed E-state index contributed by atoms with van der Waals surface area (Å²) in [4.78, 5) is 0. The van der Waals surface area contributed by atoms with Crippen molar-refractivity contribution in [2.45, 2.75) is 33.2 Å². The number of H-pyrrole nitrogens is 1. The lowest BCUT2D eigenvalue weighted by Crippen LogP contribution is -2.15. The molecule has 0 saturated heterocycles. The van der Waals surface area contributed by atoms with Gasteiger partial charge in [-0.25, -0.2) is 0 Å². The normalized spacial score (nSPS) is 11.0. The van der Waals surface area contributed by atoms with E-state index in [0.29, 0.717) is 0 Å². The van der Waals surface area contributed by atoms with Gasteiger partial charge in [0.05, 0.1) is 0 Å². The molecule has 0 bridgehead atoms. The van der Waals surface area contributed by atoms with Crippen molar-refractivity contribution in [3.63, 3.8) is 0 Å². The molecule has 0 aliphatic rings. The number of hydrogen-bond donors (Lipinski definition) is 2. The lowest BCUT2D eigenvalue weighted by atomic mass is 10.1. The highest BCUT2D eigenvalue weighted by atomic mass is 15.1. The molecule has 3 heteroatoms. The smallest absolute Gasteiger partial charge is 0.0490 e. The van der Waals surface area contributed by atoms with Crippen LogP contribution >= 0.6 is 0 Å². The van der Waals surface area contributed by atoms with Gasteiger partial charge >= 0.3 is 0 Å². The second-order valence-corrected chi connectivity index (χ2v) is 3.79. The van der Waals surface area contributed by atoms with Crippen LogP contribution in [0.25, 0.3) is 0 Å². The van der Waals surface area contributed by atoms with Crippen molar-refractivity contribution in [3.05, 3.63) is 18.0 Å². The molecular formula is C10H19N3. The van der Waals surface area contributed by atoms with E-state index in [1.165, 1.54) is 12.8 Å². The molecule has 0 aliphatic carbocycles. The third kappa shape index (κ3) is 4.68. The molecule has 3 nitrogen and oxygen atoms in total. The van der Waals surface area contributed by atoms with Crippen molar-refractivity contribution < 1.29 is 0 Å². The maximum Gasteiger partial charge on any atom is 0.0490 e. The minimum atomic E-state index is 0.814. The summed E-state index contributed by atoms with van der Waals surface area (Å²) in [6, 6.07) is 2.00. The van der Waals surface area contributed by atoms with Crippen LogP contribution in [-0.2, 0) is 6.54 Å². The van der Waals surface area contributed by atoms with Gasteiger partial charge in [0, 0.05) is 18.4 Å². The summed E-state index contributed by atoms with van der Waals surface area (Å²) < 4.78 is 0. The van der Waals surface area contributed by atoms with Crippen LogP contribution in [0.2, 0.25) is 0 Å². The van der Waals surface area contributed by atoms with Crippen molar-refractivity contribution in [1.29, 1.82) is 0 Å². The number of rotatable bonds is 6. The highest BCUT2D eigenvalue weighted by Crippen LogP contribution is 2.01. The molecular weight excluding hydrogens is 162 g/mol. The standard InChI is InChI=1S/C10H19N3/c1-9(2)4-3-6-11-8-10-5-7-12-13-10/h5,7,9,11H,3-4,6,8H2,1-2H3,(H,12,13). The Kier molecular flexibility index (Phi) is 4.54. The van der Waals surface area contributed by atoms with Crippen LogP contribution in [0, 0.1) is 5.92 Å². The average Bonchev–Trinajstić information content (AvgIpc) is 2.55. The molecule has 0 saturated carbocycles. The van der Waals surface area contributed by atoms with E-state index >= 15 is 0 Å². The van der Waals surface area contributed by atoms with Gasteiger partial charge < -0.3 is 5.32 Å². The second-order valence-electron chi connectivity index (χ2n) is 3.79. The zero-order valence-electron chi connectivity index (χ0n) is 8.51. The van der Waals surface area contributed by atoms with Gasteiger partial charge in [-0.15, -0.1) is 0 Å². The number of nitrogens with one attached hydrogen (secondary N) is 2. The van der Waals surface area contributed by atoms with E-state index in [9.17, 15) is 0 Å². The monoisotopic (exact) mass is 181 g/mol. The van der Waals surface area contributed by atoms with E-state index in [1.54, 1.807) is 6.20 Å². The summed E-state index contributed by atoms with van der Waals surface area (Å²) in [5.74, 6) is 0.814. The first-order valence-corrected chi connectivity index (χ1v) is 4.98. The summed E-state index contributed by atoms with van der Waals surface area (Å²) in [7, 11) is 0. The van der Waals surface area contributed by atoms with E-state index in [4.69, 9.17) is 0 Å². The molecule has 1 rings (SSSR count). The van der Waals surface area contributed by atoms with E-state index in [-0.39, 0.29) is 0 Å². The van der Waals surface area contributed by atoms with E-state index < -0.39 is 0 Å². The molecule has 0 amide bonds. The maximum atomic E-state index is 3.88. The van der Waals surface area contributed by atoms with Gasteiger partial charge in [-0.2, -0.15) is 5.10 Å². The molecule has 1 aromatic rings. The molecule has 0 spiro atoms. The molecule has 74 valence electrons. The Morgan fingerprint density at radius 3 is 3.00 bits per heavy atom. The fraction of sp³-hybridized carbons (Fsp3) is 0.700. The van der Waals surface area contributed by atoms with Crippen molar-refractivity contribution >= 4 is 0 Å². The Balaban J connectivity index is 1.96. The molecule has 2 N–H and O–H groups in total. The van der Waals surface area contributed by atoms with Crippen LogP contribution < -0.4 is 5.32 Å². The van der Waals surface area contributed by atoms with Gasteiger partial charge in [0.1, 0.15) is 0 Å². The quantitative estimate of drug-likeness (QED) is 0.658. The Bertz CT molecular complexity index is 204. The Labute approximate surface area is 79.9 Å². The average molecular weight is 181 g/mol. The van der Waals surface area contributed by atoms with Gasteiger partial charge in [0.15, 0.2) is 0 Å². The van der Waals surface area contributed by atoms with Gasteiger partial charge in [0.2, 0.25) is 0 Å². The molecule has 1 aromatic heterocycles. The van der Waals surface area contributed by atoms with E-state index in [0.717, 1.165) is 24.7 Å². The summed E-state index contributed by atoms with van der Waals surface area (Å²) in [5.41, 5.74) is 1.16. The lowest BCUT2D eigenvalue weighted by molar-refractivity contribution is 0.525. The second kappa shape index (κ2) is 5.75. The molecule has 0 radical (unpaired) electrons. The number of hydrogen-bond acceptors (Lipinski definition) is 2. The Morgan fingerprint density at radius 1 is 1.54 bits per heavy atom. The Morgan fingerprint density at radius 2 is 2.38 bits per heavy atom. The third-order valence-corrected chi connectivity index (χ3v) is 2.01. The summed E-state index contributed by atoms with van der Waals surface area (Å²) in [6.07, 6.45) is 4.34. The largest absolute Gasteiger partial charge is 0.311 e. The minimum Gasteiger partial charge on any atom is -0.311 e. The lowest BCUT2D eigenvalue weighted by Gasteiger charge is -2.05. The molecule has 13 heavy (non-hydrogen) atoms. The van der Waals surface area contributed by atoms with Crippen LogP contribution in [0.3, 0.4) is 0 Å². The highest BCUT2D eigenvalue weighted by Gasteiger charge is 1.94. The van der Waals surface area contributed by atoms with Gasteiger partial charge in [-0.1, -0.05) is 13.8 Å². The van der Waals surface area contributed by atoms with Gasteiger partial charge in [-0.3, -0.25) is 5.10 Å². The molecule has 0 fully saturated rings. The fourth-order valence-corrected chi connectivity index (χ4v) is 1.24. The predicted molar refractivity (Wildman–Crippen MR) is 54.4 cm³/mol. The first kappa shape index (κ1) is 10.3. The van der Waals surface area contributed by atoms with E-state index in [2.05, 4.69) is 29.4 Å². The fourth-order valence-electron chi connectivity index (χ4n) is 1.24. The summed E-state index contributed by atoms with van der Waals surface area (Å²) in [6.45, 7) is 6.51. The zero-order chi connectivity index (χ0) is 9.52.